The number of carboxylic acid groups (broad SMARTS) is 1. The van der Waals surface area contributed by atoms with Gasteiger partial charge in [-0.1, -0.05) is 48.5 Å². The van der Waals surface area contributed by atoms with Crippen LogP contribution in [-0.2, 0) is 19.1 Å². The lowest BCUT2D eigenvalue weighted by atomic mass is 9.98. The summed E-state index contributed by atoms with van der Waals surface area (Å²) < 4.78 is 5.50. The zero-order valence-corrected chi connectivity index (χ0v) is 19.5. The molecule has 0 bridgehead atoms. The predicted octanol–water partition coefficient (Wildman–Crippen LogP) is 2.50. The maximum atomic E-state index is 12.8. The van der Waals surface area contributed by atoms with E-state index in [4.69, 9.17) is 9.84 Å². The zero-order valence-electron chi connectivity index (χ0n) is 19.5. The molecule has 9 heteroatoms. The van der Waals surface area contributed by atoms with Gasteiger partial charge in [0, 0.05) is 25.4 Å². The summed E-state index contributed by atoms with van der Waals surface area (Å²) in [5, 5.41) is 14.2. The molecule has 4 rings (SSSR count). The molecular weight excluding hydrogens is 450 g/mol. The van der Waals surface area contributed by atoms with Gasteiger partial charge in [-0.3, -0.25) is 14.4 Å². The Bertz CT molecular complexity index is 1090. The maximum absolute atomic E-state index is 12.8. The van der Waals surface area contributed by atoms with Crippen LogP contribution in [0.25, 0.3) is 11.1 Å². The second-order valence-corrected chi connectivity index (χ2v) is 8.72. The van der Waals surface area contributed by atoms with E-state index in [1.807, 2.05) is 55.5 Å². The van der Waals surface area contributed by atoms with Crippen molar-refractivity contribution >= 4 is 23.9 Å². The van der Waals surface area contributed by atoms with Gasteiger partial charge in [0.1, 0.15) is 18.7 Å². The lowest BCUT2D eigenvalue weighted by Crippen LogP contribution is -2.51. The van der Waals surface area contributed by atoms with Gasteiger partial charge in [0.15, 0.2) is 0 Å². The highest BCUT2D eigenvalue weighted by atomic mass is 16.5. The molecule has 184 valence electrons. The van der Waals surface area contributed by atoms with Crippen LogP contribution < -0.4 is 10.6 Å². The minimum Gasteiger partial charge on any atom is -0.481 e. The highest BCUT2D eigenvalue weighted by Crippen LogP contribution is 2.44. The number of benzene rings is 2. The number of fused-ring (bicyclic) bond motifs is 3. The average Bonchev–Trinajstić information content (AvgIpc) is 3.37. The SMILES string of the molecule is CCN1CCC(NC(=O)C(CCC(=O)O)NC(=O)OCC2c3ccccc3-c3ccccc32)C1=O. The Morgan fingerprint density at radius 3 is 2.29 bits per heavy atom. The average molecular weight is 480 g/mol. The number of nitrogens with zero attached hydrogens (tertiary/aromatic N) is 1. The first-order valence-electron chi connectivity index (χ1n) is 11.8. The minimum atomic E-state index is -1.13. The summed E-state index contributed by atoms with van der Waals surface area (Å²) in [6, 6.07) is 14.1. The molecule has 2 aromatic rings. The fraction of sp³-hybridized carbons (Fsp3) is 0.385. The van der Waals surface area contributed by atoms with Gasteiger partial charge in [0.25, 0.3) is 0 Å². The highest BCUT2D eigenvalue weighted by molar-refractivity contribution is 5.92. The Hall–Kier alpha value is -3.88. The molecule has 2 unspecified atom stereocenters. The summed E-state index contributed by atoms with van der Waals surface area (Å²) in [4.78, 5) is 50.5. The molecule has 1 fully saturated rings. The number of likely N-dealkylation sites (N-methyl/N-ethyl adjacent to an activating group) is 1. The molecule has 2 aromatic carbocycles. The second-order valence-electron chi connectivity index (χ2n) is 8.72. The molecular formula is C26H29N3O6. The number of nitrogens with one attached hydrogen (secondary N) is 2. The van der Waals surface area contributed by atoms with Crippen molar-refractivity contribution in [3.05, 3.63) is 59.7 Å². The Balaban J connectivity index is 1.40. The van der Waals surface area contributed by atoms with Crippen LogP contribution in [-0.4, -0.2) is 65.7 Å². The minimum absolute atomic E-state index is 0.0691. The summed E-state index contributed by atoms with van der Waals surface area (Å²) in [6.07, 6.45) is -0.787. The van der Waals surface area contributed by atoms with Crippen LogP contribution in [0, 0.1) is 0 Å². The van der Waals surface area contributed by atoms with Gasteiger partial charge in [-0.15, -0.1) is 0 Å². The molecule has 1 aliphatic heterocycles. The lowest BCUT2D eigenvalue weighted by Gasteiger charge is -2.21. The number of alkyl carbamates (subject to hydrolysis) is 1. The normalized spacial score (nSPS) is 17.5. The predicted molar refractivity (Wildman–Crippen MR) is 128 cm³/mol. The van der Waals surface area contributed by atoms with Crippen molar-refractivity contribution in [2.45, 2.75) is 44.2 Å². The molecule has 3 amide bonds. The van der Waals surface area contributed by atoms with Gasteiger partial charge < -0.3 is 25.4 Å². The lowest BCUT2D eigenvalue weighted by molar-refractivity contribution is -0.137. The summed E-state index contributed by atoms with van der Waals surface area (Å²) in [5.74, 6) is -2.02. The molecule has 35 heavy (non-hydrogen) atoms. The van der Waals surface area contributed by atoms with Crippen molar-refractivity contribution in [1.82, 2.24) is 15.5 Å². The third kappa shape index (κ3) is 5.29. The number of rotatable bonds is 9. The van der Waals surface area contributed by atoms with E-state index >= 15 is 0 Å². The van der Waals surface area contributed by atoms with E-state index in [1.54, 1.807) is 4.90 Å². The van der Waals surface area contributed by atoms with Crippen molar-refractivity contribution in [1.29, 1.82) is 0 Å². The molecule has 0 radical (unpaired) electrons. The number of carbonyl (C=O) groups is 4. The monoisotopic (exact) mass is 479 g/mol. The molecule has 0 saturated carbocycles. The van der Waals surface area contributed by atoms with Crippen LogP contribution in [0.5, 0.6) is 0 Å². The highest BCUT2D eigenvalue weighted by Gasteiger charge is 2.34. The van der Waals surface area contributed by atoms with E-state index in [2.05, 4.69) is 10.6 Å². The number of hydrogen-bond donors (Lipinski definition) is 3. The number of carbonyl (C=O) groups excluding carboxylic acids is 3. The van der Waals surface area contributed by atoms with E-state index < -0.39 is 30.1 Å². The fourth-order valence-corrected chi connectivity index (χ4v) is 4.78. The Morgan fingerprint density at radius 1 is 1.09 bits per heavy atom. The third-order valence-corrected chi connectivity index (χ3v) is 6.59. The number of ether oxygens (including phenoxy) is 1. The van der Waals surface area contributed by atoms with Crippen molar-refractivity contribution in [3.8, 4) is 11.1 Å². The molecule has 0 spiro atoms. The number of amides is 3. The van der Waals surface area contributed by atoms with Crippen molar-refractivity contribution in [2.75, 3.05) is 19.7 Å². The first kappa shape index (κ1) is 24.3. The number of likely N-dealkylation sites (tertiary alicyclic amines) is 1. The van der Waals surface area contributed by atoms with Gasteiger partial charge in [0.05, 0.1) is 0 Å². The van der Waals surface area contributed by atoms with Crippen LogP contribution in [0.4, 0.5) is 4.79 Å². The summed E-state index contributed by atoms with van der Waals surface area (Å²) in [7, 11) is 0. The van der Waals surface area contributed by atoms with E-state index in [0.717, 1.165) is 22.3 Å². The zero-order chi connectivity index (χ0) is 24.9. The second kappa shape index (κ2) is 10.6. The largest absolute Gasteiger partial charge is 0.481 e. The van der Waals surface area contributed by atoms with E-state index in [9.17, 15) is 19.2 Å². The molecule has 2 atom stereocenters. The van der Waals surface area contributed by atoms with Crippen LogP contribution in [0.15, 0.2) is 48.5 Å². The molecule has 3 N–H and O–H groups in total. The molecule has 9 nitrogen and oxygen atoms in total. The van der Waals surface area contributed by atoms with Gasteiger partial charge in [-0.2, -0.15) is 0 Å². The van der Waals surface area contributed by atoms with Crippen molar-refractivity contribution in [3.63, 3.8) is 0 Å². The summed E-state index contributed by atoms with van der Waals surface area (Å²) >= 11 is 0. The van der Waals surface area contributed by atoms with Gasteiger partial charge in [0.2, 0.25) is 11.8 Å². The smallest absolute Gasteiger partial charge is 0.407 e. The number of aliphatic carboxylic acids is 1. The molecule has 1 saturated heterocycles. The Kier molecular flexibility index (Phi) is 7.33. The van der Waals surface area contributed by atoms with Gasteiger partial charge in [-0.05, 0) is 42.0 Å². The fourth-order valence-electron chi connectivity index (χ4n) is 4.78. The summed E-state index contributed by atoms with van der Waals surface area (Å²) in [6.45, 7) is 3.02. The molecule has 1 aliphatic carbocycles. The quantitative estimate of drug-likeness (QED) is 0.508. The molecule has 0 aromatic heterocycles. The maximum Gasteiger partial charge on any atom is 0.407 e. The van der Waals surface area contributed by atoms with Crippen molar-refractivity contribution < 1.29 is 29.0 Å². The standard InChI is InChI=1S/C26H29N3O6/c1-2-29-14-13-22(25(29)33)27-24(32)21(11-12-23(30)31)28-26(34)35-15-20-18-9-5-3-7-16(18)17-8-4-6-10-19(17)20/h3-10,20-22H,2,11-15H2,1H3,(H,27,32)(H,28,34)(H,30,31). The molecule has 1 heterocycles. The van der Waals surface area contributed by atoms with Crippen LogP contribution in [0.2, 0.25) is 0 Å². The van der Waals surface area contributed by atoms with E-state index in [0.29, 0.717) is 19.5 Å². The third-order valence-electron chi connectivity index (χ3n) is 6.59. The Morgan fingerprint density at radius 2 is 1.71 bits per heavy atom. The number of hydrogen-bond acceptors (Lipinski definition) is 5. The topological polar surface area (TPSA) is 125 Å². The van der Waals surface area contributed by atoms with Crippen LogP contribution in [0.3, 0.4) is 0 Å². The number of carboxylic acids is 1. The molecule has 2 aliphatic rings. The first-order valence-corrected chi connectivity index (χ1v) is 11.8. The van der Waals surface area contributed by atoms with Crippen LogP contribution in [0.1, 0.15) is 43.2 Å². The van der Waals surface area contributed by atoms with Crippen molar-refractivity contribution in [2.24, 2.45) is 0 Å². The first-order chi connectivity index (χ1) is 16.9. The Labute approximate surface area is 203 Å². The van der Waals surface area contributed by atoms with E-state index in [1.165, 1.54) is 0 Å². The van der Waals surface area contributed by atoms with Gasteiger partial charge >= 0.3 is 12.1 Å². The summed E-state index contributed by atoms with van der Waals surface area (Å²) in [5.41, 5.74) is 4.31. The van der Waals surface area contributed by atoms with Gasteiger partial charge in [-0.25, -0.2) is 4.79 Å². The van der Waals surface area contributed by atoms with Crippen LogP contribution >= 0.6 is 0 Å². The van der Waals surface area contributed by atoms with E-state index in [-0.39, 0.29) is 31.3 Å².